The van der Waals surface area contributed by atoms with E-state index in [9.17, 15) is 13.9 Å². The summed E-state index contributed by atoms with van der Waals surface area (Å²) in [5.74, 6) is -2.00. The summed E-state index contributed by atoms with van der Waals surface area (Å²) in [6.45, 7) is 4.24. The molecule has 0 aliphatic rings. The largest absolute Gasteiger partial charge is 0.485 e. The van der Waals surface area contributed by atoms with Crippen molar-refractivity contribution in [2.24, 2.45) is 0 Å². The van der Waals surface area contributed by atoms with Crippen LogP contribution in [-0.4, -0.2) is 30.4 Å². The number of nitrogens with one attached hydrogen (secondary N) is 1. The number of halogens is 2. The minimum Gasteiger partial charge on any atom is -0.485 e. The van der Waals surface area contributed by atoms with Crippen molar-refractivity contribution >= 4 is 0 Å². The monoisotopic (exact) mass is 245 g/mol. The lowest BCUT2D eigenvalue weighted by Gasteiger charge is -2.23. The highest BCUT2D eigenvalue weighted by Gasteiger charge is 2.22. The first kappa shape index (κ1) is 13.9. The molecule has 1 atom stereocenters. The number of hydrogen-bond acceptors (Lipinski definition) is 3. The van der Waals surface area contributed by atoms with Crippen LogP contribution in [0.2, 0.25) is 0 Å². The Bertz CT molecular complexity index is 349. The Morgan fingerprint density at radius 1 is 1.35 bits per heavy atom. The number of rotatable bonds is 6. The second kappa shape index (κ2) is 5.93. The fourth-order valence-corrected chi connectivity index (χ4v) is 1.29. The first-order chi connectivity index (χ1) is 7.96. The second-order valence-electron chi connectivity index (χ2n) is 4.12. The zero-order chi connectivity index (χ0) is 12.9. The molecule has 0 aliphatic heterocycles. The molecule has 1 unspecified atom stereocenters. The van der Waals surface area contributed by atoms with Crippen LogP contribution in [-0.2, 0) is 0 Å². The Labute approximate surface area is 99.4 Å². The predicted octanol–water partition coefficient (Wildman–Crippen LogP) is 1.70. The van der Waals surface area contributed by atoms with Gasteiger partial charge in [-0.2, -0.15) is 0 Å². The molecule has 96 valence electrons. The maximum Gasteiger partial charge on any atom is 0.190 e. The van der Waals surface area contributed by atoms with Crippen molar-refractivity contribution < 1.29 is 18.6 Å². The first-order valence-electron chi connectivity index (χ1n) is 5.46. The summed E-state index contributed by atoms with van der Waals surface area (Å²) in [5, 5.41) is 12.8. The minimum absolute atomic E-state index is 0.183. The van der Waals surface area contributed by atoms with Gasteiger partial charge < -0.3 is 15.2 Å². The molecule has 0 spiro atoms. The van der Waals surface area contributed by atoms with Crippen LogP contribution in [0.4, 0.5) is 8.78 Å². The molecule has 0 heterocycles. The molecule has 1 aromatic carbocycles. The van der Waals surface area contributed by atoms with E-state index in [2.05, 4.69) is 5.32 Å². The number of aliphatic hydroxyl groups is 1. The molecular formula is C12H17F2NO2. The molecule has 0 aromatic heterocycles. The summed E-state index contributed by atoms with van der Waals surface area (Å²) in [5.41, 5.74) is -1.18. The molecule has 2 N–H and O–H groups in total. The van der Waals surface area contributed by atoms with Crippen molar-refractivity contribution in [3.63, 3.8) is 0 Å². The molecule has 0 aliphatic carbocycles. The Morgan fingerprint density at radius 3 is 2.47 bits per heavy atom. The van der Waals surface area contributed by atoms with E-state index in [0.29, 0.717) is 13.1 Å². The van der Waals surface area contributed by atoms with Crippen molar-refractivity contribution in [1.82, 2.24) is 5.32 Å². The molecule has 0 radical (unpaired) electrons. The maximum atomic E-state index is 13.2. The molecule has 17 heavy (non-hydrogen) atoms. The van der Waals surface area contributed by atoms with Gasteiger partial charge in [-0.1, -0.05) is 13.0 Å². The number of para-hydroxylation sites is 1. The number of ether oxygens (including phenoxy) is 1. The summed E-state index contributed by atoms with van der Waals surface area (Å²) in [6, 6.07) is 3.48. The molecular weight excluding hydrogens is 228 g/mol. The van der Waals surface area contributed by atoms with E-state index in [4.69, 9.17) is 4.74 Å². The van der Waals surface area contributed by atoms with E-state index in [-0.39, 0.29) is 6.61 Å². The highest BCUT2D eigenvalue weighted by molar-refractivity contribution is 5.26. The fourth-order valence-electron chi connectivity index (χ4n) is 1.29. The zero-order valence-corrected chi connectivity index (χ0v) is 9.96. The Morgan fingerprint density at radius 2 is 1.94 bits per heavy atom. The van der Waals surface area contributed by atoms with Crippen LogP contribution < -0.4 is 10.1 Å². The number of benzene rings is 1. The van der Waals surface area contributed by atoms with Crippen LogP contribution in [0, 0.1) is 11.6 Å². The highest BCUT2D eigenvalue weighted by atomic mass is 19.1. The van der Waals surface area contributed by atoms with Crippen LogP contribution in [0.15, 0.2) is 18.2 Å². The maximum absolute atomic E-state index is 13.2. The molecule has 0 fully saturated rings. The fraction of sp³-hybridized carbons (Fsp3) is 0.500. The highest BCUT2D eigenvalue weighted by Crippen LogP contribution is 2.21. The van der Waals surface area contributed by atoms with Gasteiger partial charge in [0, 0.05) is 6.54 Å². The molecule has 1 rings (SSSR count). The summed E-state index contributed by atoms with van der Waals surface area (Å²) in [7, 11) is 0. The lowest BCUT2D eigenvalue weighted by atomic mass is 10.1. The summed E-state index contributed by atoms with van der Waals surface area (Å²) in [6.07, 6.45) is 0. The quantitative estimate of drug-likeness (QED) is 0.801. The Kier molecular flexibility index (Phi) is 4.84. The molecule has 3 nitrogen and oxygen atoms in total. The molecule has 0 bridgehead atoms. The average Bonchev–Trinajstić information content (AvgIpc) is 2.26. The van der Waals surface area contributed by atoms with Gasteiger partial charge in [-0.15, -0.1) is 0 Å². The van der Waals surface area contributed by atoms with Gasteiger partial charge in [-0.25, -0.2) is 8.78 Å². The van der Waals surface area contributed by atoms with Gasteiger partial charge in [0.1, 0.15) is 12.2 Å². The van der Waals surface area contributed by atoms with E-state index >= 15 is 0 Å². The van der Waals surface area contributed by atoms with Gasteiger partial charge in [0.2, 0.25) is 0 Å². The Hall–Kier alpha value is -1.20. The van der Waals surface area contributed by atoms with E-state index < -0.39 is 23.0 Å². The third-order valence-electron chi connectivity index (χ3n) is 2.20. The van der Waals surface area contributed by atoms with Gasteiger partial charge >= 0.3 is 0 Å². The van der Waals surface area contributed by atoms with Gasteiger partial charge in [-0.3, -0.25) is 0 Å². The lowest BCUT2D eigenvalue weighted by molar-refractivity contribution is 0.0103. The number of likely N-dealkylation sites (N-methyl/N-ethyl adjacent to an activating group) is 1. The van der Waals surface area contributed by atoms with Crippen molar-refractivity contribution in [3.8, 4) is 5.75 Å². The van der Waals surface area contributed by atoms with E-state index in [1.165, 1.54) is 13.0 Å². The average molecular weight is 245 g/mol. The van der Waals surface area contributed by atoms with Crippen LogP contribution in [0.5, 0.6) is 5.75 Å². The van der Waals surface area contributed by atoms with Crippen LogP contribution in [0.25, 0.3) is 0 Å². The summed E-state index contributed by atoms with van der Waals surface area (Å²) < 4.78 is 31.4. The minimum atomic E-state index is -1.18. The van der Waals surface area contributed by atoms with Crippen molar-refractivity contribution in [2.45, 2.75) is 19.4 Å². The third kappa shape index (κ3) is 4.28. The van der Waals surface area contributed by atoms with E-state index in [1.54, 1.807) is 0 Å². The summed E-state index contributed by atoms with van der Waals surface area (Å²) >= 11 is 0. The molecule has 0 saturated heterocycles. The van der Waals surface area contributed by atoms with Crippen LogP contribution in [0.3, 0.4) is 0 Å². The van der Waals surface area contributed by atoms with Crippen LogP contribution >= 0.6 is 0 Å². The normalized spacial score (nSPS) is 14.4. The second-order valence-corrected chi connectivity index (χ2v) is 4.12. The molecule has 0 saturated carbocycles. The molecule has 5 heteroatoms. The third-order valence-corrected chi connectivity index (χ3v) is 2.20. The smallest absolute Gasteiger partial charge is 0.190 e. The topological polar surface area (TPSA) is 41.5 Å². The molecule has 1 aromatic rings. The van der Waals surface area contributed by atoms with Gasteiger partial charge in [0.25, 0.3) is 0 Å². The van der Waals surface area contributed by atoms with Gasteiger partial charge in [0.15, 0.2) is 17.4 Å². The number of hydrogen-bond donors (Lipinski definition) is 2. The van der Waals surface area contributed by atoms with Crippen LogP contribution in [0.1, 0.15) is 13.8 Å². The van der Waals surface area contributed by atoms with E-state index in [0.717, 1.165) is 12.1 Å². The Balaban J connectivity index is 2.60. The van der Waals surface area contributed by atoms with Gasteiger partial charge in [-0.05, 0) is 25.6 Å². The summed E-state index contributed by atoms with van der Waals surface area (Å²) in [4.78, 5) is 0. The predicted molar refractivity (Wildman–Crippen MR) is 61.0 cm³/mol. The van der Waals surface area contributed by atoms with Crippen molar-refractivity contribution in [1.29, 1.82) is 0 Å². The van der Waals surface area contributed by atoms with Gasteiger partial charge in [0.05, 0.1) is 0 Å². The van der Waals surface area contributed by atoms with Crippen molar-refractivity contribution in [2.75, 3.05) is 19.7 Å². The lowest BCUT2D eigenvalue weighted by Crippen LogP contribution is -2.42. The van der Waals surface area contributed by atoms with Crippen molar-refractivity contribution in [3.05, 3.63) is 29.8 Å². The SMILES string of the molecule is CCNCC(C)(O)COc1c(F)cccc1F. The zero-order valence-electron chi connectivity index (χ0n) is 9.96. The van der Waals surface area contributed by atoms with E-state index in [1.807, 2.05) is 6.92 Å². The molecule has 0 amide bonds. The standard InChI is InChI=1S/C12H17F2NO2/c1-3-15-7-12(2,16)8-17-11-9(13)5-4-6-10(11)14/h4-6,15-16H,3,7-8H2,1-2H3. The first-order valence-corrected chi connectivity index (χ1v) is 5.46.